The standard InChI is InChI=1S/C20H24N2O2S2.ClH/c23-20(12-19-13-25-10-9-21-19)22-18-8-4-7-17(11-18)15-26(24)14-16-5-2-1-3-6-16;/h1-8,11,19,21H,9-10,12-15H2,(H,22,23);1H. The fourth-order valence-corrected chi connectivity index (χ4v) is 5.09. The number of hydrogen-bond donors (Lipinski definition) is 2. The highest BCUT2D eigenvalue weighted by Gasteiger charge is 2.16. The quantitative estimate of drug-likeness (QED) is 0.713. The Morgan fingerprint density at radius 3 is 2.59 bits per heavy atom. The van der Waals surface area contributed by atoms with Gasteiger partial charge in [0.25, 0.3) is 0 Å². The lowest BCUT2D eigenvalue weighted by Crippen LogP contribution is -2.39. The van der Waals surface area contributed by atoms with Crippen molar-refractivity contribution in [3.05, 3.63) is 65.7 Å². The molecule has 0 spiro atoms. The van der Waals surface area contributed by atoms with Gasteiger partial charge in [-0.3, -0.25) is 9.00 Å². The number of hydrogen-bond acceptors (Lipinski definition) is 4. The Bertz CT molecular complexity index is 753. The minimum absolute atomic E-state index is 0. The number of anilines is 1. The maximum atomic E-state index is 12.4. The highest BCUT2D eigenvalue weighted by atomic mass is 35.5. The molecule has 1 aliphatic rings. The van der Waals surface area contributed by atoms with Gasteiger partial charge in [-0.05, 0) is 23.3 Å². The van der Waals surface area contributed by atoms with Crippen molar-refractivity contribution in [2.24, 2.45) is 0 Å². The molecule has 1 heterocycles. The molecule has 7 heteroatoms. The first-order valence-corrected chi connectivity index (χ1v) is 11.4. The van der Waals surface area contributed by atoms with E-state index in [0.29, 0.717) is 17.9 Å². The third kappa shape index (κ3) is 7.66. The van der Waals surface area contributed by atoms with Crippen molar-refractivity contribution in [1.29, 1.82) is 0 Å². The number of rotatable bonds is 7. The minimum atomic E-state index is -0.974. The molecule has 27 heavy (non-hydrogen) atoms. The summed E-state index contributed by atoms with van der Waals surface area (Å²) in [4.78, 5) is 12.2. The summed E-state index contributed by atoms with van der Waals surface area (Å²) in [5.74, 6) is 3.14. The van der Waals surface area contributed by atoms with E-state index in [1.54, 1.807) is 0 Å². The summed E-state index contributed by atoms with van der Waals surface area (Å²) in [7, 11) is -0.974. The number of thioether (sulfide) groups is 1. The molecule has 2 atom stereocenters. The predicted molar refractivity (Wildman–Crippen MR) is 118 cm³/mol. The molecule has 1 amide bonds. The van der Waals surface area contributed by atoms with Crippen molar-refractivity contribution in [1.82, 2.24) is 5.32 Å². The topological polar surface area (TPSA) is 58.2 Å². The van der Waals surface area contributed by atoms with Crippen LogP contribution in [0.5, 0.6) is 0 Å². The molecule has 2 aromatic rings. The van der Waals surface area contributed by atoms with Crippen LogP contribution in [0.2, 0.25) is 0 Å². The number of benzene rings is 2. The molecule has 146 valence electrons. The maximum absolute atomic E-state index is 12.4. The highest BCUT2D eigenvalue weighted by molar-refractivity contribution is 7.99. The molecule has 0 saturated carbocycles. The molecule has 1 fully saturated rings. The Balaban J connectivity index is 0.00000261. The fraction of sp³-hybridized carbons (Fsp3) is 0.350. The van der Waals surface area contributed by atoms with E-state index in [2.05, 4.69) is 10.6 Å². The number of carbonyl (C=O) groups is 1. The lowest BCUT2D eigenvalue weighted by atomic mass is 10.2. The summed E-state index contributed by atoms with van der Waals surface area (Å²) in [6.45, 7) is 0.964. The Labute approximate surface area is 173 Å². The summed E-state index contributed by atoms with van der Waals surface area (Å²) < 4.78 is 12.4. The number of carbonyl (C=O) groups excluding carboxylic acids is 1. The smallest absolute Gasteiger partial charge is 0.225 e. The molecular formula is C20H25ClN2O2S2. The van der Waals surface area contributed by atoms with Gasteiger partial charge in [0.15, 0.2) is 0 Å². The Hall–Kier alpha value is -1.34. The number of amides is 1. The second kappa shape index (κ2) is 11.5. The molecule has 0 aromatic heterocycles. The summed E-state index contributed by atoms with van der Waals surface area (Å²) in [6, 6.07) is 17.8. The van der Waals surface area contributed by atoms with E-state index in [-0.39, 0.29) is 24.4 Å². The molecule has 2 N–H and O–H groups in total. The summed E-state index contributed by atoms with van der Waals surface area (Å²) in [5, 5.41) is 6.34. The largest absolute Gasteiger partial charge is 0.326 e. The van der Waals surface area contributed by atoms with Crippen LogP contribution in [0.4, 0.5) is 5.69 Å². The Morgan fingerprint density at radius 1 is 1.11 bits per heavy atom. The van der Waals surface area contributed by atoms with E-state index < -0.39 is 10.8 Å². The monoisotopic (exact) mass is 424 g/mol. The van der Waals surface area contributed by atoms with Crippen molar-refractivity contribution in [2.75, 3.05) is 23.4 Å². The zero-order valence-electron chi connectivity index (χ0n) is 15.1. The minimum Gasteiger partial charge on any atom is -0.326 e. The maximum Gasteiger partial charge on any atom is 0.225 e. The molecule has 2 unspecified atom stereocenters. The fourth-order valence-electron chi connectivity index (χ4n) is 2.92. The molecule has 4 nitrogen and oxygen atoms in total. The van der Waals surface area contributed by atoms with E-state index in [4.69, 9.17) is 0 Å². The summed E-state index contributed by atoms with van der Waals surface area (Å²) >= 11 is 1.88. The molecular weight excluding hydrogens is 400 g/mol. The van der Waals surface area contributed by atoms with Crippen LogP contribution in [0.15, 0.2) is 54.6 Å². The van der Waals surface area contributed by atoms with E-state index >= 15 is 0 Å². The van der Waals surface area contributed by atoms with Crippen LogP contribution >= 0.6 is 24.2 Å². The van der Waals surface area contributed by atoms with Gasteiger partial charge < -0.3 is 10.6 Å². The number of nitrogens with one attached hydrogen (secondary N) is 2. The first kappa shape index (κ1) is 22.0. The Kier molecular flexibility index (Phi) is 9.34. The number of halogens is 1. The van der Waals surface area contributed by atoms with Crippen LogP contribution in [0.1, 0.15) is 17.5 Å². The zero-order valence-corrected chi connectivity index (χ0v) is 17.5. The van der Waals surface area contributed by atoms with Crippen LogP contribution in [0.25, 0.3) is 0 Å². The molecule has 0 radical (unpaired) electrons. The van der Waals surface area contributed by atoms with Gasteiger partial charge in [-0.15, -0.1) is 12.4 Å². The highest BCUT2D eigenvalue weighted by Crippen LogP contribution is 2.16. The van der Waals surface area contributed by atoms with Crippen LogP contribution in [0, 0.1) is 0 Å². The molecule has 3 rings (SSSR count). The van der Waals surface area contributed by atoms with Crippen molar-refractivity contribution in [3.8, 4) is 0 Å². The first-order valence-electron chi connectivity index (χ1n) is 8.78. The van der Waals surface area contributed by atoms with Gasteiger partial charge in [0, 0.05) is 58.5 Å². The van der Waals surface area contributed by atoms with Gasteiger partial charge in [-0.25, -0.2) is 0 Å². The lowest BCUT2D eigenvalue weighted by Gasteiger charge is -2.22. The average molecular weight is 425 g/mol. The van der Waals surface area contributed by atoms with Crippen LogP contribution in [-0.2, 0) is 27.1 Å². The van der Waals surface area contributed by atoms with Gasteiger partial charge in [0.1, 0.15) is 0 Å². The van der Waals surface area contributed by atoms with Gasteiger partial charge in [0.05, 0.1) is 0 Å². The summed E-state index contributed by atoms with van der Waals surface area (Å²) in [5.41, 5.74) is 2.82. The van der Waals surface area contributed by atoms with Crippen LogP contribution in [-0.4, -0.2) is 34.2 Å². The van der Waals surface area contributed by atoms with Crippen LogP contribution in [0.3, 0.4) is 0 Å². The summed E-state index contributed by atoms with van der Waals surface area (Å²) in [6.07, 6.45) is 0.483. The first-order chi connectivity index (χ1) is 12.7. The third-order valence-electron chi connectivity index (χ3n) is 4.14. The van der Waals surface area contributed by atoms with Crippen LogP contribution < -0.4 is 10.6 Å². The van der Waals surface area contributed by atoms with E-state index in [1.807, 2.05) is 66.4 Å². The van der Waals surface area contributed by atoms with Gasteiger partial charge in [0.2, 0.25) is 5.91 Å². The SMILES string of the molecule is Cl.O=C(CC1CSCCN1)Nc1cccc(CS(=O)Cc2ccccc2)c1. The van der Waals surface area contributed by atoms with E-state index in [1.165, 1.54) is 0 Å². The van der Waals surface area contributed by atoms with Gasteiger partial charge in [-0.2, -0.15) is 11.8 Å². The second-order valence-electron chi connectivity index (χ2n) is 6.39. The van der Waals surface area contributed by atoms with Crippen molar-refractivity contribution >= 4 is 46.6 Å². The molecule has 2 aromatic carbocycles. The average Bonchev–Trinajstić information content (AvgIpc) is 2.63. The molecule has 1 aliphatic heterocycles. The second-order valence-corrected chi connectivity index (χ2v) is 9.00. The molecule has 1 saturated heterocycles. The predicted octanol–water partition coefficient (Wildman–Crippen LogP) is 3.59. The van der Waals surface area contributed by atoms with Crippen molar-refractivity contribution < 1.29 is 9.00 Å². The van der Waals surface area contributed by atoms with E-state index in [0.717, 1.165) is 34.9 Å². The van der Waals surface area contributed by atoms with Crippen molar-refractivity contribution in [3.63, 3.8) is 0 Å². The zero-order chi connectivity index (χ0) is 18.2. The van der Waals surface area contributed by atoms with E-state index in [9.17, 15) is 9.00 Å². The van der Waals surface area contributed by atoms with Crippen molar-refractivity contribution in [2.45, 2.75) is 24.0 Å². The Morgan fingerprint density at radius 2 is 1.85 bits per heavy atom. The lowest BCUT2D eigenvalue weighted by molar-refractivity contribution is -0.116. The third-order valence-corrected chi connectivity index (χ3v) is 6.58. The normalized spacial score (nSPS) is 17.6. The molecule has 0 aliphatic carbocycles. The molecule has 0 bridgehead atoms. The van der Waals surface area contributed by atoms with Gasteiger partial charge in [-0.1, -0.05) is 42.5 Å². The van der Waals surface area contributed by atoms with Gasteiger partial charge >= 0.3 is 0 Å².